The lowest BCUT2D eigenvalue weighted by atomic mass is 9.85. The van der Waals surface area contributed by atoms with E-state index in [1.807, 2.05) is 0 Å². The van der Waals surface area contributed by atoms with Crippen molar-refractivity contribution in [3.63, 3.8) is 0 Å². The smallest absolute Gasteiger partial charge is 0.321 e. The van der Waals surface area contributed by atoms with E-state index in [2.05, 4.69) is 0 Å². The number of rotatable bonds is 6. The van der Waals surface area contributed by atoms with Gasteiger partial charge in [0.2, 0.25) is 0 Å². The normalized spacial score (nSPS) is 14.8. The lowest BCUT2D eigenvalue weighted by molar-refractivity contribution is -0.174. The topological polar surface area (TPSA) is 101 Å². The van der Waals surface area contributed by atoms with Crippen molar-refractivity contribution >= 4 is 17.9 Å². The maximum Gasteiger partial charge on any atom is 0.321 e. The van der Waals surface area contributed by atoms with Gasteiger partial charge in [-0.25, -0.2) is 0 Å². The van der Waals surface area contributed by atoms with E-state index in [-0.39, 0.29) is 12.3 Å². The molecule has 110 valence electrons. The van der Waals surface area contributed by atoms with Gasteiger partial charge in [0.15, 0.2) is 5.92 Å². The van der Waals surface area contributed by atoms with Gasteiger partial charge >= 0.3 is 17.9 Å². The molecule has 0 aromatic rings. The maximum atomic E-state index is 11.9. The Balaban J connectivity index is 5.21. The van der Waals surface area contributed by atoms with E-state index in [9.17, 15) is 14.4 Å². The van der Waals surface area contributed by atoms with Crippen LogP contribution in [-0.2, 0) is 19.1 Å². The van der Waals surface area contributed by atoms with Gasteiger partial charge in [0.05, 0.1) is 5.92 Å². The Morgan fingerprint density at radius 2 is 1.53 bits per heavy atom. The van der Waals surface area contributed by atoms with E-state index in [1.54, 1.807) is 34.6 Å². The molecule has 19 heavy (non-hydrogen) atoms. The molecule has 0 aromatic carbocycles. The van der Waals surface area contributed by atoms with Gasteiger partial charge in [-0.1, -0.05) is 13.8 Å². The molecule has 0 rings (SSSR count). The molecule has 0 radical (unpaired) electrons. The second-order valence-corrected chi connectivity index (χ2v) is 5.92. The standard InChI is InChI=1S/C13H22O6/c1-7(2)6-8(10(14)15)9(11(16)17)12(18)19-13(3,4)5/h7-9H,6H2,1-5H3,(H,14,15)(H,16,17). The van der Waals surface area contributed by atoms with Crippen LogP contribution in [0.15, 0.2) is 0 Å². The summed E-state index contributed by atoms with van der Waals surface area (Å²) >= 11 is 0. The summed E-state index contributed by atoms with van der Waals surface area (Å²) < 4.78 is 4.99. The third-order valence-corrected chi connectivity index (χ3v) is 2.37. The fourth-order valence-corrected chi connectivity index (χ4v) is 1.69. The zero-order chi connectivity index (χ0) is 15.4. The highest BCUT2D eigenvalue weighted by Crippen LogP contribution is 2.24. The van der Waals surface area contributed by atoms with Gasteiger partial charge < -0.3 is 14.9 Å². The molecule has 0 bridgehead atoms. The summed E-state index contributed by atoms with van der Waals surface area (Å²) in [6.45, 7) is 8.33. The summed E-state index contributed by atoms with van der Waals surface area (Å²) in [5.74, 6) is -6.78. The molecule has 0 aliphatic heterocycles. The van der Waals surface area contributed by atoms with Gasteiger partial charge in [-0.05, 0) is 33.1 Å². The average Bonchev–Trinajstić information content (AvgIpc) is 2.11. The Morgan fingerprint density at radius 3 is 1.79 bits per heavy atom. The van der Waals surface area contributed by atoms with Crippen molar-refractivity contribution in [2.75, 3.05) is 0 Å². The Hall–Kier alpha value is -1.59. The number of carbonyl (C=O) groups excluding carboxylic acids is 1. The maximum absolute atomic E-state index is 11.9. The number of carboxylic acids is 2. The van der Waals surface area contributed by atoms with Crippen LogP contribution in [0.1, 0.15) is 41.0 Å². The molecular weight excluding hydrogens is 252 g/mol. The fraction of sp³-hybridized carbons (Fsp3) is 0.769. The molecule has 2 unspecified atom stereocenters. The lowest BCUT2D eigenvalue weighted by Crippen LogP contribution is -2.40. The van der Waals surface area contributed by atoms with Crippen LogP contribution >= 0.6 is 0 Å². The number of aliphatic carboxylic acids is 2. The molecule has 6 nitrogen and oxygen atoms in total. The molecule has 0 aliphatic carbocycles. The number of ether oxygens (including phenoxy) is 1. The van der Waals surface area contributed by atoms with Crippen LogP contribution in [0, 0.1) is 17.8 Å². The van der Waals surface area contributed by atoms with Crippen LogP contribution in [-0.4, -0.2) is 33.7 Å². The van der Waals surface area contributed by atoms with Gasteiger partial charge in [0, 0.05) is 0 Å². The van der Waals surface area contributed by atoms with Crippen molar-refractivity contribution in [3.8, 4) is 0 Å². The molecule has 6 heteroatoms. The van der Waals surface area contributed by atoms with Gasteiger partial charge in [-0.2, -0.15) is 0 Å². The molecule has 0 aliphatic rings. The van der Waals surface area contributed by atoms with Crippen molar-refractivity contribution in [1.82, 2.24) is 0 Å². The van der Waals surface area contributed by atoms with E-state index in [1.165, 1.54) is 0 Å². The van der Waals surface area contributed by atoms with Gasteiger partial charge in [0.1, 0.15) is 5.60 Å². The molecule has 0 saturated heterocycles. The molecule has 0 saturated carbocycles. The predicted molar refractivity (Wildman–Crippen MR) is 67.6 cm³/mol. The molecule has 0 spiro atoms. The van der Waals surface area contributed by atoms with E-state index in [0.29, 0.717) is 0 Å². The molecule has 2 N–H and O–H groups in total. The van der Waals surface area contributed by atoms with Crippen LogP contribution in [0.2, 0.25) is 0 Å². The SMILES string of the molecule is CC(C)CC(C(=O)O)C(C(=O)O)C(=O)OC(C)(C)C. The zero-order valence-corrected chi connectivity index (χ0v) is 12.0. The highest BCUT2D eigenvalue weighted by atomic mass is 16.6. The van der Waals surface area contributed by atoms with Crippen molar-refractivity contribution in [2.45, 2.75) is 46.6 Å². The zero-order valence-electron chi connectivity index (χ0n) is 12.0. The van der Waals surface area contributed by atoms with Crippen molar-refractivity contribution in [3.05, 3.63) is 0 Å². The van der Waals surface area contributed by atoms with Gasteiger partial charge in [-0.15, -0.1) is 0 Å². The first-order chi connectivity index (χ1) is 8.45. The molecule has 0 heterocycles. The van der Waals surface area contributed by atoms with Crippen molar-refractivity contribution in [1.29, 1.82) is 0 Å². The number of carbonyl (C=O) groups is 3. The average molecular weight is 274 g/mol. The summed E-state index contributed by atoms with van der Waals surface area (Å²) in [4.78, 5) is 34.2. The Labute approximate surface area is 112 Å². The van der Waals surface area contributed by atoms with Crippen molar-refractivity contribution < 1.29 is 29.3 Å². The van der Waals surface area contributed by atoms with Crippen LogP contribution in [0.4, 0.5) is 0 Å². The first kappa shape index (κ1) is 17.4. The quantitative estimate of drug-likeness (QED) is 0.565. The fourth-order valence-electron chi connectivity index (χ4n) is 1.69. The molecular formula is C13H22O6. The summed E-state index contributed by atoms with van der Waals surface area (Å²) in [6, 6.07) is 0. The lowest BCUT2D eigenvalue weighted by Gasteiger charge is -2.25. The van der Waals surface area contributed by atoms with Crippen LogP contribution in [0.3, 0.4) is 0 Å². The highest BCUT2D eigenvalue weighted by molar-refractivity contribution is 5.98. The van der Waals surface area contributed by atoms with Crippen molar-refractivity contribution in [2.24, 2.45) is 17.8 Å². The molecule has 2 atom stereocenters. The molecule has 0 fully saturated rings. The summed E-state index contributed by atoms with van der Waals surface area (Å²) in [5, 5.41) is 18.2. The van der Waals surface area contributed by atoms with Crippen LogP contribution < -0.4 is 0 Å². The minimum absolute atomic E-state index is 0.0367. The highest BCUT2D eigenvalue weighted by Gasteiger charge is 2.42. The third kappa shape index (κ3) is 6.22. The van der Waals surface area contributed by atoms with E-state index >= 15 is 0 Å². The van der Waals surface area contributed by atoms with E-state index < -0.39 is 35.3 Å². The third-order valence-electron chi connectivity index (χ3n) is 2.37. The van der Waals surface area contributed by atoms with Crippen LogP contribution in [0.5, 0.6) is 0 Å². The van der Waals surface area contributed by atoms with Gasteiger partial charge in [0.25, 0.3) is 0 Å². The van der Waals surface area contributed by atoms with Crippen LogP contribution in [0.25, 0.3) is 0 Å². The summed E-state index contributed by atoms with van der Waals surface area (Å²) in [6.07, 6.45) is 0.103. The Morgan fingerprint density at radius 1 is 1.05 bits per heavy atom. The van der Waals surface area contributed by atoms with E-state index in [4.69, 9.17) is 14.9 Å². The molecule has 0 aromatic heterocycles. The van der Waals surface area contributed by atoms with E-state index in [0.717, 1.165) is 0 Å². The minimum Gasteiger partial charge on any atom is -0.481 e. The minimum atomic E-state index is -1.68. The van der Waals surface area contributed by atoms with Gasteiger partial charge in [-0.3, -0.25) is 14.4 Å². The first-order valence-corrected chi connectivity index (χ1v) is 6.14. The number of hydrogen-bond acceptors (Lipinski definition) is 4. The summed E-state index contributed by atoms with van der Waals surface area (Å²) in [7, 11) is 0. The summed E-state index contributed by atoms with van der Waals surface area (Å²) in [5.41, 5.74) is -0.855. The molecule has 0 amide bonds. The second kappa shape index (κ2) is 6.54. The monoisotopic (exact) mass is 274 g/mol. The second-order valence-electron chi connectivity index (χ2n) is 5.92. The first-order valence-electron chi connectivity index (χ1n) is 6.14. The number of esters is 1. The Bertz CT molecular complexity index is 353. The number of hydrogen-bond donors (Lipinski definition) is 2. The number of carboxylic acid groups (broad SMARTS) is 2. The Kier molecular flexibility index (Phi) is 5.99. The predicted octanol–water partition coefficient (Wildman–Crippen LogP) is 1.78. The largest absolute Gasteiger partial charge is 0.481 e.